The van der Waals surface area contributed by atoms with Gasteiger partial charge in [0.1, 0.15) is 0 Å². The highest BCUT2D eigenvalue weighted by atomic mass is 79.9. The van der Waals surface area contributed by atoms with Gasteiger partial charge >= 0.3 is 0 Å². The van der Waals surface area contributed by atoms with E-state index in [4.69, 9.17) is 11.6 Å². The van der Waals surface area contributed by atoms with Gasteiger partial charge in [-0.2, -0.15) is 0 Å². The number of nitrogens with one attached hydrogen (secondary N) is 1. The van der Waals surface area contributed by atoms with E-state index in [2.05, 4.69) is 21.2 Å². The van der Waals surface area contributed by atoms with Crippen LogP contribution in [0.1, 0.15) is 11.8 Å². The molecule has 0 saturated heterocycles. The number of rotatable bonds is 4. The van der Waals surface area contributed by atoms with Crippen LogP contribution >= 0.6 is 38.9 Å². The Balaban J connectivity index is 2.41. The van der Waals surface area contributed by atoms with Crippen LogP contribution in [0.15, 0.2) is 15.9 Å². The lowest BCUT2D eigenvalue weighted by Gasteiger charge is -2.08. The van der Waals surface area contributed by atoms with Crippen LogP contribution in [0.25, 0.3) is 0 Å². The average molecular weight is 297 g/mol. The quantitative estimate of drug-likeness (QED) is 0.850. The summed E-state index contributed by atoms with van der Waals surface area (Å²) in [6.07, 6.45) is 0. The first-order chi connectivity index (χ1) is 6.65. The fourth-order valence-corrected chi connectivity index (χ4v) is 2.44. The fourth-order valence-electron chi connectivity index (χ4n) is 0.863. The zero-order valence-electron chi connectivity index (χ0n) is 7.72. The topological polar surface area (TPSA) is 29.1 Å². The number of hydrogen-bond acceptors (Lipinski definition) is 2. The lowest BCUT2D eigenvalue weighted by Crippen LogP contribution is -2.29. The zero-order valence-corrected chi connectivity index (χ0v) is 10.9. The van der Waals surface area contributed by atoms with E-state index in [1.807, 2.05) is 18.4 Å². The Labute approximate surface area is 101 Å². The minimum absolute atomic E-state index is 0.000278. The van der Waals surface area contributed by atoms with E-state index in [1.54, 1.807) is 11.3 Å². The number of thiophene rings is 1. The second kappa shape index (κ2) is 5.73. The number of halogens is 2. The molecule has 14 heavy (non-hydrogen) atoms. The van der Waals surface area contributed by atoms with Crippen molar-refractivity contribution in [3.05, 3.63) is 20.8 Å². The highest BCUT2D eigenvalue weighted by Crippen LogP contribution is 2.22. The van der Waals surface area contributed by atoms with Crippen molar-refractivity contribution in [2.24, 2.45) is 5.92 Å². The van der Waals surface area contributed by atoms with Gasteiger partial charge in [0.25, 0.3) is 0 Å². The maximum atomic E-state index is 11.4. The average Bonchev–Trinajstić information content (AvgIpc) is 2.59. The maximum absolute atomic E-state index is 11.4. The summed E-state index contributed by atoms with van der Waals surface area (Å²) in [5.41, 5.74) is 0. The number of carbonyl (C=O) groups excluding carboxylic acids is 1. The van der Waals surface area contributed by atoms with Gasteiger partial charge < -0.3 is 5.32 Å². The summed E-state index contributed by atoms with van der Waals surface area (Å²) < 4.78 is 1.04. The van der Waals surface area contributed by atoms with Gasteiger partial charge in [0.15, 0.2) is 0 Å². The Morgan fingerprint density at radius 3 is 3.00 bits per heavy atom. The molecule has 1 amide bonds. The van der Waals surface area contributed by atoms with Crippen molar-refractivity contribution in [1.82, 2.24) is 5.32 Å². The molecule has 0 aromatic carbocycles. The smallest absolute Gasteiger partial charge is 0.224 e. The van der Waals surface area contributed by atoms with E-state index in [1.165, 1.54) is 0 Å². The van der Waals surface area contributed by atoms with Crippen LogP contribution in [-0.4, -0.2) is 11.8 Å². The maximum Gasteiger partial charge on any atom is 0.224 e. The summed E-state index contributed by atoms with van der Waals surface area (Å²) in [5.74, 6) is 0.230. The molecular formula is C9H11BrClNOS. The summed E-state index contributed by atoms with van der Waals surface area (Å²) in [6.45, 7) is 2.38. The van der Waals surface area contributed by atoms with E-state index in [0.717, 1.165) is 9.35 Å². The first-order valence-corrected chi connectivity index (χ1v) is 6.41. The summed E-state index contributed by atoms with van der Waals surface area (Å²) in [5, 5.41) is 4.82. The minimum Gasteiger partial charge on any atom is -0.351 e. The number of hydrogen-bond donors (Lipinski definition) is 1. The van der Waals surface area contributed by atoms with Crippen molar-refractivity contribution in [2.75, 3.05) is 5.88 Å². The third-order valence-corrected chi connectivity index (χ3v) is 4.18. The van der Waals surface area contributed by atoms with Gasteiger partial charge in [-0.1, -0.05) is 6.92 Å². The molecule has 0 bridgehead atoms. The largest absolute Gasteiger partial charge is 0.351 e. The Kier molecular flexibility index (Phi) is 4.92. The first-order valence-electron chi connectivity index (χ1n) is 4.20. The Morgan fingerprint density at radius 1 is 1.79 bits per heavy atom. The van der Waals surface area contributed by atoms with Gasteiger partial charge in [-0.05, 0) is 27.4 Å². The van der Waals surface area contributed by atoms with Gasteiger partial charge in [0.2, 0.25) is 5.91 Å². The van der Waals surface area contributed by atoms with E-state index >= 15 is 0 Å². The third-order valence-electron chi connectivity index (χ3n) is 1.79. The highest BCUT2D eigenvalue weighted by Gasteiger charge is 2.11. The van der Waals surface area contributed by atoms with Crippen molar-refractivity contribution in [3.8, 4) is 0 Å². The molecule has 1 atom stereocenters. The molecule has 0 fully saturated rings. The molecule has 0 spiro atoms. The van der Waals surface area contributed by atoms with Crippen molar-refractivity contribution in [2.45, 2.75) is 13.5 Å². The molecule has 0 aliphatic rings. The molecule has 0 radical (unpaired) electrons. The van der Waals surface area contributed by atoms with Gasteiger partial charge in [-0.3, -0.25) is 4.79 Å². The Morgan fingerprint density at radius 2 is 2.50 bits per heavy atom. The molecule has 0 saturated carbocycles. The number of amides is 1. The summed E-state index contributed by atoms with van der Waals surface area (Å²) in [6, 6.07) is 1.97. The van der Waals surface area contributed by atoms with Crippen molar-refractivity contribution in [1.29, 1.82) is 0 Å². The summed E-state index contributed by atoms with van der Waals surface area (Å²) >= 11 is 10.6. The molecular weight excluding hydrogens is 286 g/mol. The molecule has 0 aliphatic carbocycles. The van der Waals surface area contributed by atoms with Crippen molar-refractivity contribution < 1.29 is 4.79 Å². The van der Waals surface area contributed by atoms with Crippen LogP contribution in [0.4, 0.5) is 0 Å². The van der Waals surface area contributed by atoms with Gasteiger partial charge in [0.05, 0.1) is 6.54 Å². The van der Waals surface area contributed by atoms with E-state index in [0.29, 0.717) is 12.4 Å². The van der Waals surface area contributed by atoms with Crippen LogP contribution in [0.2, 0.25) is 0 Å². The second-order valence-electron chi connectivity index (χ2n) is 2.96. The van der Waals surface area contributed by atoms with Crippen molar-refractivity contribution >= 4 is 44.8 Å². The molecule has 5 heteroatoms. The lowest BCUT2D eigenvalue weighted by molar-refractivity contribution is -0.124. The molecule has 1 N–H and O–H groups in total. The monoisotopic (exact) mass is 295 g/mol. The van der Waals surface area contributed by atoms with Gasteiger partial charge in [0, 0.05) is 21.1 Å². The molecule has 0 aliphatic heterocycles. The molecule has 2 nitrogen and oxygen atoms in total. The standard InChI is InChI=1S/C9H11BrClNOS/c1-6(4-11)9(13)12-5-8-7(10)2-3-14-8/h2-3,6H,4-5H2,1H3,(H,12,13). The number of alkyl halides is 1. The van der Waals surface area contributed by atoms with Crippen LogP contribution in [0, 0.1) is 5.92 Å². The predicted molar refractivity (Wildman–Crippen MR) is 63.7 cm³/mol. The summed E-state index contributed by atoms with van der Waals surface area (Å²) in [4.78, 5) is 12.5. The predicted octanol–water partition coefficient (Wildman–Crippen LogP) is 3.00. The van der Waals surface area contributed by atoms with Crippen LogP contribution < -0.4 is 5.32 Å². The Hall–Kier alpha value is -0.0600. The SMILES string of the molecule is CC(CCl)C(=O)NCc1sccc1Br. The van der Waals surface area contributed by atoms with Crippen LogP contribution in [-0.2, 0) is 11.3 Å². The zero-order chi connectivity index (χ0) is 10.6. The Bertz CT molecular complexity index is 316. The molecule has 1 aromatic rings. The molecule has 1 rings (SSSR count). The van der Waals surface area contributed by atoms with E-state index in [-0.39, 0.29) is 11.8 Å². The first kappa shape index (κ1) is 12.0. The lowest BCUT2D eigenvalue weighted by atomic mass is 10.2. The number of carbonyl (C=O) groups is 1. The minimum atomic E-state index is -0.129. The van der Waals surface area contributed by atoms with E-state index < -0.39 is 0 Å². The third kappa shape index (κ3) is 3.26. The molecule has 78 valence electrons. The van der Waals surface area contributed by atoms with Gasteiger partial charge in [-0.25, -0.2) is 0 Å². The molecule has 1 aromatic heterocycles. The summed E-state index contributed by atoms with van der Waals surface area (Å²) in [7, 11) is 0. The normalized spacial score (nSPS) is 12.5. The molecule has 1 unspecified atom stereocenters. The second-order valence-corrected chi connectivity index (χ2v) is 5.13. The van der Waals surface area contributed by atoms with Crippen LogP contribution in [0.5, 0.6) is 0 Å². The van der Waals surface area contributed by atoms with E-state index in [9.17, 15) is 4.79 Å². The highest BCUT2D eigenvalue weighted by molar-refractivity contribution is 9.10. The van der Waals surface area contributed by atoms with Crippen molar-refractivity contribution in [3.63, 3.8) is 0 Å². The van der Waals surface area contributed by atoms with Crippen LogP contribution in [0.3, 0.4) is 0 Å². The fraction of sp³-hybridized carbons (Fsp3) is 0.444. The van der Waals surface area contributed by atoms with Gasteiger partial charge in [-0.15, -0.1) is 22.9 Å². The molecule has 1 heterocycles.